The Hall–Kier alpha value is -3.99. The Balaban J connectivity index is 1.38. The Labute approximate surface area is 262 Å². The van der Waals surface area contributed by atoms with E-state index in [4.69, 9.17) is 21.3 Å². The number of nitrogens with one attached hydrogen (secondary N) is 2. The molecule has 0 radical (unpaired) electrons. The smallest absolute Gasteiger partial charge is 0.326 e. The molecule has 1 aliphatic carbocycles. The number of benzene rings is 2. The molecule has 1 unspecified atom stereocenters. The molecule has 1 aliphatic heterocycles. The van der Waals surface area contributed by atoms with Gasteiger partial charge in [0.25, 0.3) is 0 Å². The van der Waals surface area contributed by atoms with Crippen molar-refractivity contribution in [3.8, 4) is 28.3 Å². The van der Waals surface area contributed by atoms with Crippen molar-refractivity contribution in [1.82, 2.24) is 20.1 Å². The largest absolute Gasteiger partial charge is 0.481 e. The SMILES string of the molecule is COc1nc(-c2cccc(-c3cccc(NC(=O)C4CN(C)C(=O)N(C)C4=O)c3C)c2Cl)ccc1CN[C@@H]1CCCC[C@@H]1O. The molecule has 5 rings (SSSR count). The summed E-state index contributed by atoms with van der Waals surface area (Å²) < 4.78 is 5.63. The maximum Gasteiger partial charge on any atom is 0.326 e. The molecule has 3 aromatic rings. The van der Waals surface area contributed by atoms with Crippen LogP contribution in [0.2, 0.25) is 5.02 Å². The van der Waals surface area contributed by atoms with Gasteiger partial charge in [0.15, 0.2) is 0 Å². The summed E-state index contributed by atoms with van der Waals surface area (Å²) in [6, 6.07) is 14.7. The van der Waals surface area contributed by atoms with Gasteiger partial charge in [0.1, 0.15) is 5.92 Å². The minimum Gasteiger partial charge on any atom is -0.481 e. The van der Waals surface area contributed by atoms with Crippen molar-refractivity contribution in [3.05, 3.63) is 64.7 Å². The van der Waals surface area contributed by atoms with E-state index in [2.05, 4.69) is 10.6 Å². The van der Waals surface area contributed by atoms with E-state index in [1.807, 2.05) is 49.4 Å². The average molecular weight is 620 g/mol. The number of halogens is 1. The van der Waals surface area contributed by atoms with Crippen LogP contribution in [-0.4, -0.2) is 77.6 Å². The van der Waals surface area contributed by atoms with E-state index in [0.717, 1.165) is 58.4 Å². The Morgan fingerprint density at radius 2 is 1.75 bits per heavy atom. The van der Waals surface area contributed by atoms with Crippen LogP contribution in [0, 0.1) is 12.8 Å². The van der Waals surface area contributed by atoms with Crippen LogP contribution in [0.25, 0.3) is 22.4 Å². The molecular formula is C33H38ClN5O5. The highest BCUT2D eigenvalue weighted by molar-refractivity contribution is 6.36. The number of nitrogens with zero attached hydrogens (tertiary/aromatic N) is 3. The number of imide groups is 1. The van der Waals surface area contributed by atoms with E-state index in [1.165, 1.54) is 11.9 Å². The monoisotopic (exact) mass is 619 g/mol. The number of amides is 4. The lowest BCUT2D eigenvalue weighted by Crippen LogP contribution is -2.56. The van der Waals surface area contributed by atoms with E-state index in [-0.39, 0.29) is 18.7 Å². The highest BCUT2D eigenvalue weighted by atomic mass is 35.5. The lowest BCUT2D eigenvalue weighted by molar-refractivity contribution is -0.140. The van der Waals surface area contributed by atoms with Crippen LogP contribution >= 0.6 is 11.6 Å². The van der Waals surface area contributed by atoms with E-state index >= 15 is 0 Å². The lowest BCUT2D eigenvalue weighted by atomic mass is 9.92. The number of aliphatic hydroxyl groups is 1. The first-order valence-electron chi connectivity index (χ1n) is 14.8. The number of carbonyl (C=O) groups is 3. The van der Waals surface area contributed by atoms with Gasteiger partial charge in [-0.2, -0.15) is 0 Å². The van der Waals surface area contributed by atoms with E-state index in [9.17, 15) is 19.5 Å². The zero-order chi connectivity index (χ0) is 31.5. The van der Waals surface area contributed by atoms with E-state index < -0.39 is 23.8 Å². The van der Waals surface area contributed by atoms with Crippen molar-refractivity contribution in [2.45, 2.75) is 51.3 Å². The zero-order valence-electron chi connectivity index (χ0n) is 25.4. The van der Waals surface area contributed by atoms with Crippen molar-refractivity contribution in [1.29, 1.82) is 0 Å². The van der Waals surface area contributed by atoms with Gasteiger partial charge in [-0.3, -0.25) is 14.5 Å². The number of pyridine rings is 1. The molecule has 3 atom stereocenters. The molecule has 1 aromatic heterocycles. The summed E-state index contributed by atoms with van der Waals surface area (Å²) in [5.41, 5.74) is 5.15. The normalized spacial score (nSPS) is 20.5. The summed E-state index contributed by atoms with van der Waals surface area (Å²) >= 11 is 7.01. The van der Waals surface area contributed by atoms with Crippen LogP contribution < -0.4 is 15.4 Å². The van der Waals surface area contributed by atoms with Crippen LogP contribution in [0.3, 0.4) is 0 Å². The van der Waals surface area contributed by atoms with Gasteiger partial charge < -0.3 is 25.4 Å². The zero-order valence-corrected chi connectivity index (χ0v) is 26.1. The molecule has 2 heterocycles. The fraction of sp³-hybridized carbons (Fsp3) is 0.394. The van der Waals surface area contributed by atoms with Crippen LogP contribution in [-0.2, 0) is 16.1 Å². The number of hydrogen-bond donors (Lipinski definition) is 3. The molecule has 1 saturated carbocycles. The molecule has 1 saturated heterocycles. The first kappa shape index (κ1) is 31.4. The standard InChI is InChI=1S/C33H38ClN5O5/c1-19-21(9-8-13-25(19)36-30(41)24-18-38(2)33(43)39(3)32(24)42)22-10-7-11-23(29(22)34)26-16-15-20(31(37-26)44-4)17-35-27-12-5-6-14-28(27)40/h7-11,13,15-16,24,27-28,35,40H,5-6,12,14,17-18H2,1-4H3,(H,36,41)/t24?,27-,28+/m1/s1. The van der Waals surface area contributed by atoms with Crippen molar-refractivity contribution >= 4 is 35.1 Å². The number of urea groups is 1. The number of anilines is 1. The number of rotatable bonds is 8. The molecule has 2 aliphatic rings. The number of aromatic nitrogens is 1. The third-order valence-corrected chi connectivity index (χ3v) is 9.00. The molecule has 10 nitrogen and oxygen atoms in total. The maximum atomic E-state index is 13.2. The molecule has 2 aromatic carbocycles. The summed E-state index contributed by atoms with van der Waals surface area (Å²) in [5.74, 6) is -1.54. The third-order valence-electron chi connectivity index (χ3n) is 8.59. The van der Waals surface area contributed by atoms with Crippen LogP contribution in [0.15, 0.2) is 48.5 Å². The summed E-state index contributed by atoms with van der Waals surface area (Å²) in [7, 11) is 4.52. The molecule has 4 amide bonds. The Bertz CT molecular complexity index is 1580. The highest BCUT2D eigenvalue weighted by Gasteiger charge is 2.39. The summed E-state index contributed by atoms with van der Waals surface area (Å²) in [4.78, 5) is 45.0. The minimum absolute atomic E-state index is 0.00824. The van der Waals surface area contributed by atoms with Crippen molar-refractivity contribution < 1.29 is 24.2 Å². The van der Waals surface area contributed by atoms with Crippen LogP contribution in [0.5, 0.6) is 5.88 Å². The molecule has 0 bridgehead atoms. The van der Waals surface area contributed by atoms with Gasteiger partial charge in [0, 0.05) is 55.6 Å². The second-order valence-electron chi connectivity index (χ2n) is 11.5. The van der Waals surface area contributed by atoms with Gasteiger partial charge in [0.2, 0.25) is 17.7 Å². The Morgan fingerprint density at radius 1 is 1.05 bits per heavy atom. The quantitative estimate of drug-likeness (QED) is 0.308. The molecule has 44 heavy (non-hydrogen) atoms. The summed E-state index contributed by atoms with van der Waals surface area (Å²) in [6.07, 6.45) is 3.56. The Morgan fingerprint density at radius 3 is 2.50 bits per heavy atom. The van der Waals surface area contributed by atoms with Gasteiger partial charge in [-0.15, -0.1) is 0 Å². The fourth-order valence-corrected chi connectivity index (χ4v) is 6.28. The summed E-state index contributed by atoms with van der Waals surface area (Å²) in [6.45, 7) is 2.41. The van der Waals surface area contributed by atoms with Gasteiger partial charge in [0.05, 0.1) is 23.9 Å². The number of hydrogen-bond acceptors (Lipinski definition) is 7. The Kier molecular flexibility index (Phi) is 9.53. The topological polar surface area (TPSA) is 124 Å². The predicted molar refractivity (Wildman–Crippen MR) is 169 cm³/mol. The van der Waals surface area contributed by atoms with Crippen LogP contribution in [0.1, 0.15) is 36.8 Å². The molecule has 2 fully saturated rings. The fourth-order valence-electron chi connectivity index (χ4n) is 5.95. The predicted octanol–water partition coefficient (Wildman–Crippen LogP) is 4.86. The first-order valence-corrected chi connectivity index (χ1v) is 15.2. The second kappa shape index (κ2) is 13.3. The van der Waals surface area contributed by atoms with Gasteiger partial charge in [-0.1, -0.05) is 60.8 Å². The van der Waals surface area contributed by atoms with Crippen molar-refractivity contribution in [2.75, 3.05) is 33.1 Å². The molecule has 0 spiro atoms. The number of ether oxygens (including phenoxy) is 1. The molecular weight excluding hydrogens is 582 g/mol. The molecule has 11 heteroatoms. The molecule has 3 N–H and O–H groups in total. The first-order chi connectivity index (χ1) is 21.1. The number of carbonyl (C=O) groups excluding carboxylic acids is 3. The minimum atomic E-state index is -1.01. The van der Waals surface area contributed by atoms with Gasteiger partial charge in [-0.25, -0.2) is 9.78 Å². The lowest BCUT2D eigenvalue weighted by Gasteiger charge is -2.33. The average Bonchev–Trinajstić information content (AvgIpc) is 3.02. The third kappa shape index (κ3) is 6.29. The van der Waals surface area contributed by atoms with E-state index in [0.29, 0.717) is 28.8 Å². The number of aliphatic hydroxyl groups excluding tert-OH is 1. The van der Waals surface area contributed by atoms with Crippen molar-refractivity contribution in [3.63, 3.8) is 0 Å². The van der Waals surface area contributed by atoms with E-state index in [1.54, 1.807) is 20.2 Å². The van der Waals surface area contributed by atoms with Crippen LogP contribution in [0.4, 0.5) is 10.5 Å². The summed E-state index contributed by atoms with van der Waals surface area (Å²) in [5, 5.41) is 17.2. The van der Waals surface area contributed by atoms with Gasteiger partial charge in [-0.05, 0) is 43.0 Å². The maximum absolute atomic E-state index is 13.2. The van der Waals surface area contributed by atoms with Gasteiger partial charge >= 0.3 is 6.03 Å². The number of methoxy groups -OCH3 is 1. The van der Waals surface area contributed by atoms with Crippen molar-refractivity contribution in [2.24, 2.45) is 5.92 Å². The highest BCUT2D eigenvalue weighted by Crippen LogP contribution is 2.39. The molecule has 232 valence electrons. The second-order valence-corrected chi connectivity index (χ2v) is 11.8.